The third-order valence-electron chi connectivity index (χ3n) is 7.74. The number of carbonyl (C=O) groups excluding carboxylic acids is 2. The van der Waals surface area contributed by atoms with Crippen molar-refractivity contribution in [3.8, 4) is 5.88 Å². The molecule has 4 saturated carbocycles. The van der Waals surface area contributed by atoms with Gasteiger partial charge in [0.1, 0.15) is 5.56 Å². The van der Waals surface area contributed by atoms with Crippen LogP contribution in [0.3, 0.4) is 0 Å². The van der Waals surface area contributed by atoms with Crippen molar-refractivity contribution in [2.24, 2.45) is 40.0 Å². The minimum absolute atomic E-state index is 0.0601. The molecular formula is C24H38N6O5S. The first-order valence-electron chi connectivity index (χ1n) is 12.5. The van der Waals surface area contributed by atoms with Gasteiger partial charge in [0.25, 0.3) is 16.1 Å². The summed E-state index contributed by atoms with van der Waals surface area (Å²) in [4.78, 5) is 25.2. The summed E-state index contributed by atoms with van der Waals surface area (Å²) in [6.07, 6.45) is 8.69. The van der Waals surface area contributed by atoms with Crippen molar-refractivity contribution in [1.82, 2.24) is 19.8 Å². The van der Waals surface area contributed by atoms with Gasteiger partial charge in [-0.05, 0) is 69.6 Å². The molecule has 2 atom stereocenters. The lowest BCUT2D eigenvalue weighted by Crippen LogP contribution is -2.67. The number of nitrogens with one attached hydrogen (secondary N) is 2. The molecule has 5 rings (SSSR count). The van der Waals surface area contributed by atoms with E-state index in [1.165, 1.54) is 10.9 Å². The highest BCUT2D eigenvalue weighted by Gasteiger charge is 2.56. The molecule has 36 heavy (non-hydrogen) atoms. The molecule has 1 aromatic heterocycles. The van der Waals surface area contributed by atoms with Gasteiger partial charge in [-0.15, -0.1) is 0 Å². The Balaban J connectivity index is 1.54. The van der Waals surface area contributed by atoms with Gasteiger partial charge in [0.05, 0.1) is 18.2 Å². The van der Waals surface area contributed by atoms with Crippen molar-refractivity contribution in [3.05, 3.63) is 17.8 Å². The fourth-order valence-corrected chi connectivity index (χ4v) is 7.11. The first-order valence-corrected chi connectivity index (χ1v) is 14.0. The monoisotopic (exact) mass is 522 g/mol. The van der Waals surface area contributed by atoms with E-state index in [-0.39, 0.29) is 29.7 Å². The van der Waals surface area contributed by atoms with Gasteiger partial charge in [-0.1, -0.05) is 19.9 Å². The standard InChI is InChI=1S/C24H38N6O5S/c1-14(2)13-35-21-18(12-27-30(21)6-5-23(3,4)22(25)32)20(31)28-19-16-7-15-8-17(19)11-24(9-15,10-16)29-36(26,33)34/h5-6,12,14-17,19,29H,7-11,13H2,1-4H3,(H2,25,32)(H,28,31)(H2,26,33,34). The van der Waals surface area contributed by atoms with E-state index < -0.39 is 27.1 Å². The molecule has 1 aromatic rings. The van der Waals surface area contributed by atoms with Crippen LogP contribution < -0.4 is 25.6 Å². The van der Waals surface area contributed by atoms with Crippen LogP contribution in [-0.2, 0) is 15.0 Å². The molecule has 4 aliphatic rings. The Morgan fingerprint density at radius 2 is 1.92 bits per heavy atom. The minimum atomic E-state index is -3.81. The van der Waals surface area contributed by atoms with Crippen molar-refractivity contribution in [3.63, 3.8) is 0 Å². The quantitative estimate of drug-likeness (QED) is 0.361. The summed E-state index contributed by atoms with van der Waals surface area (Å²) < 4.78 is 33.7. The molecular weight excluding hydrogens is 484 g/mol. The fraction of sp³-hybridized carbons (Fsp3) is 0.708. The number of nitrogens with two attached hydrogens (primary N) is 2. The molecule has 12 heteroatoms. The molecule has 0 saturated heterocycles. The third-order valence-corrected chi connectivity index (χ3v) is 8.46. The second-order valence-electron chi connectivity index (χ2n) is 11.8. The van der Waals surface area contributed by atoms with Gasteiger partial charge < -0.3 is 15.8 Å². The van der Waals surface area contributed by atoms with E-state index >= 15 is 0 Å². The molecule has 11 nitrogen and oxygen atoms in total. The van der Waals surface area contributed by atoms with E-state index in [2.05, 4.69) is 15.1 Å². The highest BCUT2D eigenvalue weighted by atomic mass is 32.2. The molecule has 200 valence electrons. The van der Waals surface area contributed by atoms with Crippen molar-refractivity contribution in [1.29, 1.82) is 0 Å². The van der Waals surface area contributed by atoms with Gasteiger partial charge in [0, 0.05) is 17.8 Å². The Morgan fingerprint density at radius 3 is 2.47 bits per heavy atom. The predicted octanol–water partition coefficient (Wildman–Crippen LogP) is 1.37. The van der Waals surface area contributed by atoms with E-state index in [1.54, 1.807) is 26.1 Å². The second kappa shape index (κ2) is 9.46. The topological polar surface area (TPSA) is 171 Å². The highest BCUT2D eigenvalue weighted by Crippen LogP contribution is 2.56. The van der Waals surface area contributed by atoms with Crippen LogP contribution in [0.1, 0.15) is 70.2 Å². The number of hydrogen-bond acceptors (Lipinski definition) is 6. The number of amides is 2. The van der Waals surface area contributed by atoms with Gasteiger partial charge in [0.2, 0.25) is 11.8 Å². The largest absolute Gasteiger partial charge is 0.477 e. The highest BCUT2D eigenvalue weighted by molar-refractivity contribution is 7.87. The zero-order valence-electron chi connectivity index (χ0n) is 21.4. The van der Waals surface area contributed by atoms with Crippen LogP contribution in [0.2, 0.25) is 0 Å². The number of rotatable bonds is 10. The molecule has 4 fully saturated rings. The number of aromatic nitrogens is 2. The Bertz CT molecular complexity index is 1140. The summed E-state index contributed by atoms with van der Waals surface area (Å²) in [5.74, 6) is 0.521. The molecule has 0 radical (unpaired) electrons. The molecule has 4 aliphatic carbocycles. The molecule has 1 heterocycles. The van der Waals surface area contributed by atoms with Gasteiger partial charge in [0.15, 0.2) is 0 Å². The molecule has 2 unspecified atom stereocenters. The third kappa shape index (κ3) is 5.60. The van der Waals surface area contributed by atoms with E-state index in [4.69, 9.17) is 15.6 Å². The Hall–Kier alpha value is -2.44. The maximum atomic E-state index is 13.5. The van der Waals surface area contributed by atoms with Crippen LogP contribution in [0.5, 0.6) is 5.88 Å². The first-order chi connectivity index (χ1) is 16.7. The summed E-state index contributed by atoms with van der Waals surface area (Å²) in [6.45, 7) is 7.79. The van der Waals surface area contributed by atoms with Crippen LogP contribution in [0.4, 0.5) is 0 Å². The lowest BCUT2D eigenvalue weighted by atomic mass is 9.51. The molecule has 0 spiro atoms. The zero-order valence-corrected chi connectivity index (χ0v) is 22.2. The SMILES string of the molecule is CC(C)COc1c(C(=O)NC2C3CC4CC2CC(NS(N)(=O)=O)(C4)C3)cnn1C=CC(C)(C)C(N)=O. The van der Waals surface area contributed by atoms with Crippen LogP contribution in [0.15, 0.2) is 12.3 Å². The number of ether oxygens (including phenoxy) is 1. The van der Waals surface area contributed by atoms with Crippen LogP contribution >= 0.6 is 0 Å². The molecule has 2 amide bonds. The molecule has 6 N–H and O–H groups in total. The van der Waals surface area contributed by atoms with Gasteiger partial charge in [-0.2, -0.15) is 18.2 Å². The number of primary amides is 1. The number of nitrogens with zero attached hydrogens (tertiary/aromatic N) is 2. The first kappa shape index (κ1) is 26.6. The summed E-state index contributed by atoms with van der Waals surface area (Å²) in [6, 6.07) is -0.0601. The zero-order chi connectivity index (χ0) is 26.5. The van der Waals surface area contributed by atoms with Crippen LogP contribution in [0, 0.1) is 29.1 Å². The number of hydrogen-bond donors (Lipinski definition) is 4. The average Bonchev–Trinajstić information content (AvgIpc) is 3.14. The van der Waals surface area contributed by atoms with E-state index in [0.717, 1.165) is 19.3 Å². The van der Waals surface area contributed by atoms with E-state index in [0.29, 0.717) is 36.8 Å². The molecule has 4 bridgehead atoms. The van der Waals surface area contributed by atoms with Crippen LogP contribution in [-0.4, -0.2) is 48.2 Å². The Labute approximate surface area is 212 Å². The van der Waals surface area contributed by atoms with Crippen molar-refractivity contribution in [2.75, 3.05) is 6.61 Å². The maximum Gasteiger partial charge on any atom is 0.274 e. The maximum absolute atomic E-state index is 13.5. The van der Waals surface area contributed by atoms with E-state index in [1.807, 2.05) is 13.8 Å². The van der Waals surface area contributed by atoms with Crippen molar-refractivity contribution in [2.45, 2.75) is 71.4 Å². The molecule has 0 aromatic carbocycles. The van der Waals surface area contributed by atoms with Gasteiger partial charge in [-0.3, -0.25) is 9.59 Å². The predicted molar refractivity (Wildman–Crippen MR) is 135 cm³/mol. The number of carbonyl (C=O) groups is 2. The lowest BCUT2D eigenvalue weighted by Gasteiger charge is -2.59. The van der Waals surface area contributed by atoms with Gasteiger partial charge in [-0.25, -0.2) is 9.82 Å². The Kier molecular flexibility index (Phi) is 6.99. The van der Waals surface area contributed by atoms with Crippen molar-refractivity contribution < 1.29 is 22.7 Å². The van der Waals surface area contributed by atoms with Gasteiger partial charge >= 0.3 is 0 Å². The smallest absolute Gasteiger partial charge is 0.274 e. The average molecular weight is 523 g/mol. The summed E-state index contributed by atoms with van der Waals surface area (Å²) >= 11 is 0. The summed E-state index contributed by atoms with van der Waals surface area (Å²) in [7, 11) is -3.81. The fourth-order valence-electron chi connectivity index (χ4n) is 6.26. The lowest BCUT2D eigenvalue weighted by molar-refractivity contribution is -0.123. The summed E-state index contributed by atoms with van der Waals surface area (Å²) in [5, 5.41) is 12.8. The van der Waals surface area contributed by atoms with E-state index in [9.17, 15) is 18.0 Å². The Morgan fingerprint density at radius 1 is 1.28 bits per heavy atom. The molecule has 0 aliphatic heterocycles. The van der Waals surface area contributed by atoms with Crippen molar-refractivity contribution >= 4 is 28.2 Å². The second-order valence-corrected chi connectivity index (χ2v) is 13.1. The minimum Gasteiger partial charge on any atom is -0.477 e. The normalized spacial score (nSPS) is 29.7. The van der Waals surface area contributed by atoms with Crippen LogP contribution in [0.25, 0.3) is 6.20 Å². The summed E-state index contributed by atoms with van der Waals surface area (Å²) in [5.41, 5.74) is 4.37.